The number of hydrogen-bond donors (Lipinski definition) is 2. The van der Waals surface area contributed by atoms with E-state index in [0.29, 0.717) is 17.9 Å². The van der Waals surface area contributed by atoms with E-state index in [1.54, 1.807) is 18.2 Å². The summed E-state index contributed by atoms with van der Waals surface area (Å²) in [7, 11) is 0. The number of para-hydroxylation sites is 2. The van der Waals surface area contributed by atoms with Gasteiger partial charge in [-0.2, -0.15) is 4.68 Å². The zero-order chi connectivity index (χ0) is 12.7. The Morgan fingerprint density at radius 1 is 1.39 bits per heavy atom. The van der Waals surface area contributed by atoms with E-state index in [1.165, 1.54) is 10.7 Å². The van der Waals surface area contributed by atoms with Gasteiger partial charge in [0, 0.05) is 5.92 Å². The average molecular weight is 246 g/mol. The molecule has 3 rings (SSSR count). The van der Waals surface area contributed by atoms with Gasteiger partial charge in [0.25, 0.3) is 0 Å². The summed E-state index contributed by atoms with van der Waals surface area (Å²) in [5.41, 5.74) is 0.452. The van der Waals surface area contributed by atoms with E-state index in [0.717, 1.165) is 0 Å². The SMILES string of the molecule is O=C(O)C1CC1c1nnnn1-c1ccccc1O. The van der Waals surface area contributed by atoms with Gasteiger partial charge in [0.15, 0.2) is 5.82 Å². The summed E-state index contributed by atoms with van der Waals surface area (Å²) >= 11 is 0. The Morgan fingerprint density at radius 3 is 2.83 bits per heavy atom. The molecule has 0 aliphatic heterocycles. The lowest BCUT2D eigenvalue weighted by Crippen LogP contribution is -2.05. The summed E-state index contributed by atoms with van der Waals surface area (Å²) < 4.78 is 1.39. The number of aliphatic carboxylic acids is 1. The molecule has 0 bridgehead atoms. The number of nitrogens with zero attached hydrogens (tertiary/aromatic N) is 4. The molecule has 2 N–H and O–H groups in total. The number of tetrazole rings is 1. The Morgan fingerprint density at radius 2 is 2.17 bits per heavy atom. The zero-order valence-electron chi connectivity index (χ0n) is 9.26. The molecular weight excluding hydrogens is 236 g/mol. The van der Waals surface area contributed by atoms with E-state index in [-0.39, 0.29) is 11.7 Å². The van der Waals surface area contributed by atoms with Crippen LogP contribution < -0.4 is 0 Å². The number of benzene rings is 1. The number of rotatable bonds is 3. The van der Waals surface area contributed by atoms with E-state index in [2.05, 4.69) is 15.5 Å². The number of carboxylic acid groups (broad SMARTS) is 1. The van der Waals surface area contributed by atoms with Crippen LogP contribution in [0.1, 0.15) is 18.2 Å². The van der Waals surface area contributed by atoms with Crippen LogP contribution in [0.25, 0.3) is 5.69 Å². The number of phenols is 1. The first-order chi connectivity index (χ1) is 8.68. The van der Waals surface area contributed by atoms with Crippen LogP contribution in [0, 0.1) is 5.92 Å². The van der Waals surface area contributed by atoms with Crippen molar-refractivity contribution in [3.05, 3.63) is 30.1 Å². The normalized spacial score (nSPS) is 21.8. The Kier molecular flexibility index (Phi) is 2.26. The lowest BCUT2D eigenvalue weighted by atomic mass is 10.2. The second kappa shape index (κ2) is 3.80. The van der Waals surface area contributed by atoms with Crippen molar-refractivity contribution in [3.8, 4) is 11.4 Å². The molecule has 0 saturated heterocycles. The first kappa shape index (κ1) is 10.7. The van der Waals surface area contributed by atoms with Gasteiger partial charge in [0.2, 0.25) is 0 Å². The smallest absolute Gasteiger partial charge is 0.307 e. The summed E-state index contributed by atoms with van der Waals surface area (Å²) in [6.07, 6.45) is 0.531. The van der Waals surface area contributed by atoms with E-state index in [1.807, 2.05) is 0 Å². The van der Waals surface area contributed by atoms with Gasteiger partial charge in [0.1, 0.15) is 11.4 Å². The number of carboxylic acids is 1. The molecule has 92 valence electrons. The second-order valence-electron chi connectivity index (χ2n) is 4.22. The molecule has 0 radical (unpaired) electrons. The summed E-state index contributed by atoms with van der Waals surface area (Å²) in [5, 5.41) is 29.9. The molecule has 2 unspecified atom stereocenters. The first-order valence-electron chi connectivity index (χ1n) is 5.48. The molecule has 0 spiro atoms. The topological polar surface area (TPSA) is 101 Å². The molecule has 1 aliphatic rings. The molecule has 7 heteroatoms. The molecule has 1 heterocycles. The highest BCUT2D eigenvalue weighted by atomic mass is 16.4. The van der Waals surface area contributed by atoms with Crippen LogP contribution in [-0.4, -0.2) is 36.4 Å². The Bertz CT molecular complexity index is 610. The van der Waals surface area contributed by atoms with Crippen molar-refractivity contribution in [2.24, 2.45) is 5.92 Å². The maximum absolute atomic E-state index is 10.9. The predicted octanol–water partition coefficient (Wildman–Crippen LogP) is 0.556. The molecule has 7 nitrogen and oxygen atoms in total. The Hall–Kier alpha value is -2.44. The van der Waals surface area contributed by atoms with Gasteiger partial charge in [-0.15, -0.1) is 5.10 Å². The number of carbonyl (C=O) groups is 1. The van der Waals surface area contributed by atoms with Crippen molar-refractivity contribution in [1.82, 2.24) is 20.2 Å². The van der Waals surface area contributed by atoms with Crippen molar-refractivity contribution in [2.75, 3.05) is 0 Å². The molecule has 2 aromatic rings. The van der Waals surface area contributed by atoms with Crippen LogP contribution in [-0.2, 0) is 4.79 Å². The molecular formula is C11H10N4O3. The predicted molar refractivity (Wildman–Crippen MR) is 59.3 cm³/mol. The van der Waals surface area contributed by atoms with Crippen LogP contribution in [0.4, 0.5) is 0 Å². The fourth-order valence-electron chi connectivity index (χ4n) is 1.99. The van der Waals surface area contributed by atoms with Gasteiger partial charge in [-0.25, -0.2) is 0 Å². The zero-order valence-corrected chi connectivity index (χ0v) is 9.26. The van der Waals surface area contributed by atoms with Crippen molar-refractivity contribution < 1.29 is 15.0 Å². The highest BCUT2D eigenvalue weighted by Crippen LogP contribution is 2.47. The van der Waals surface area contributed by atoms with Gasteiger partial charge < -0.3 is 10.2 Å². The molecule has 1 aliphatic carbocycles. The molecule has 1 aromatic carbocycles. The quantitative estimate of drug-likeness (QED) is 0.820. The van der Waals surface area contributed by atoms with E-state index in [4.69, 9.17) is 5.11 Å². The number of aromatic nitrogens is 4. The van der Waals surface area contributed by atoms with E-state index < -0.39 is 11.9 Å². The minimum absolute atomic E-state index is 0.0542. The molecule has 1 saturated carbocycles. The number of phenolic OH excluding ortho intramolecular Hbond substituents is 1. The third kappa shape index (κ3) is 1.60. The molecule has 1 fully saturated rings. The molecule has 1 aromatic heterocycles. The van der Waals surface area contributed by atoms with Gasteiger partial charge in [-0.3, -0.25) is 4.79 Å². The monoisotopic (exact) mass is 246 g/mol. The van der Waals surface area contributed by atoms with Gasteiger partial charge >= 0.3 is 5.97 Å². The van der Waals surface area contributed by atoms with Crippen molar-refractivity contribution in [1.29, 1.82) is 0 Å². The lowest BCUT2D eigenvalue weighted by Gasteiger charge is -2.05. The van der Waals surface area contributed by atoms with Crippen LogP contribution in [0.15, 0.2) is 24.3 Å². The third-order valence-electron chi connectivity index (χ3n) is 3.04. The maximum Gasteiger partial charge on any atom is 0.307 e. The fourth-order valence-corrected chi connectivity index (χ4v) is 1.99. The second-order valence-corrected chi connectivity index (χ2v) is 4.22. The van der Waals surface area contributed by atoms with Crippen molar-refractivity contribution in [2.45, 2.75) is 12.3 Å². The number of hydrogen-bond acceptors (Lipinski definition) is 5. The van der Waals surface area contributed by atoms with E-state index >= 15 is 0 Å². The Balaban J connectivity index is 1.99. The summed E-state index contributed by atoms with van der Waals surface area (Å²) in [6.45, 7) is 0. The average Bonchev–Trinajstić information content (AvgIpc) is 3.01. The van der Waals surface area contributed by atoms with Gasteiger partial charge in [-0.05, 0) is 29.0 Å². The lowest BCUT2D eigenvalue weighted by molar-refractivity contribution is -0.138. The van der Waals surface area contributed by atoms with Gasteiger partial charge in [0.05, 0.1) is 5.92 Å². The summed E-state index contributed by atoms with van der Waals surface area (Å²) in [6, 6.07) is 6.65. The fraction of sp³-hybridized carbons (Fsp3) is 0.273. The standard InChI is InChI=1S/C11H10N4O3/c16-9-4-2-1-3-8(9)15-10(12-13-14-15)6-5-7(6)11(17)18/h1-4,6-7,16H,5H2,(H,17,18). The van der Waals surface area contributed by atoms with Crippen LogP contribution >= 0.6 is 0 Å². The van der Waals surface area contributed by atoms with Gasteiger partial charge in [-0.1, -0.05) is 12.1 Å². The highest BCUT2D eigenvalue weighted by Gasteiger charge is 2.47. The number of aromatic hydroxyl groups is 1. The van der Waals surface area contributed by atoms with Crippen LogP contribution in [0.5, 0.6) is 5.75 Å². The Labute approximate surface area is 102 Å². The summed E-state index contributed by atoms with van der Waals surface area (Å²) in [4.78, 5) is 10.9. The minimum Gasteiger partial charge on any atom is -0.506 e. The third-order valence-corrected chi connectivity index (χ3v) is 3.04. The molecule has 0 amide bonds. The minimum atomic E-state index is -0.841. The van der Waals surface area contributed by atoms with Crippen LogP contribution in [0.2, 0.25) is 0 Å². The highest BCUT2D eigenvalue weighted by molar-refractivity contribution is 5.74. The molecule has 2 atom stereocenters. The molecule has 18 heavy (non-hydrogen) atoms. The van der Waals surface area contributed by atoms with Crippen molar-refractivity contribution in [3.63, 3.8) is 0 Å². The first-order valence-corrected chi connectivity index (χ1v) is 5.48. The van der Waals surface area contributed by atoms with E-state index in [9.17, 15) is 9.90 Å². The van der Waals surface area contributed by atoms with Crippen molar-refractivity contribution >= 4 is 5.97 Å². The van der Waals surface area contributed by atoms with Crippen LogP contribution in [0.3, 0.4) is 0 Å². The largest absolute Gasteiger partial charge is 0.506 e. The summed E-state index contributed by atoms with van der Waals surface area (Å²) in [5.74, 6) is -0.924. The maximum atomic E-state index is 10.9.